The third kappa shape index (κ3) is 3.18. The molecule has 122 valence electrons. The molecule has 2 heterocycles. The second-order valence-corrected chi connectivity index (χ2v) is 5.15. The second-order valence-electron chi connectivity index (χ2n) is 4.76. The van der Waals surface area contributed by atoms with Crippen LogP contribution in [0.15, 0.2) is 47.8 Å². The Labute approximate surface area is 143 Å². The van der Waals surface area contributed by atoms with Crippen LogP contribution in [0, 0.1) is 4.77 Å². The smallest absolute Gasteiger partial charge is 0.216 e. The summed E-state index contributed by atoms with van der Waals surface area (Å²) in [7, 11) is 3.17. The molecule has 0 saturated carbocycles. The van der Waals surface area contributed by atoms with Gasteiger partial charge in [0, 0.05) is 18.0 Å². The molecule has 0 fully saturated rings. The summed E-state index contributed by atoms with van der Waals surface area (Å²) in [6, 6.07) is 9.20. The molecule has 2 aromatic heterocycles. The number of aromatic nitrogens is 4. The van der Waals surface area contributed by atoms with Gasteiger partial charge in [0.05, 0.1) is 20.4 Å². The number of hydrogen-bond acceptors (Lipinski definition) is 6. The number of methoxy groups -OCH3 is 2. The fourth-order valence-electron chi connectivity index (χ4n) is 2.13. The van der Waals surface area contributed by atoms with Crippen molar-refractivity contribution in [1.29, 1.82) is 0 Å². The third-order valence-corrected chi connectivity index (χ3v) is 3.58. The van der Waals surface area contributed by atoms with E-state index >= 15 is 0 Å². The molecule has 0 bridgehead atoms. The van der Waals surface area contributed by atoms with Gasteiger partial charge < -0.3 is 9.47 Å². The Balaban J connectivity index is 2.02. The fraction of sp³-hybridized carbons (Fsp3) is 0.125. The van der Waals surface area contributed by atoms with Crippen molar-refractivity contribution in [3.05, 3.63) is 53.1 Å². The Morgan fingerprint density at radius 3 is 2.58 bits per heavy atom. The van der Waals surface area contributed by atoms with Crippen molar-refractivity contribution in [2.24, 2.45) is 5.10 Å². The summed E-state index contributed by atoms with van der Waals surface area (Å²) in [5.74, 6) is 1.82. The maximum atomic E-state index is 5.33. The molecule has 0 unspecified atom stereocenters. The van der Waals surface area contributed by atoms with Crippen molar-refractivity contribution in [3.63, 3.8) is 0 Å². The zero-order valence-corrected chi connectivity index (χ0v) is 13.9. The highest BCUT2D eigenvalue weighted by Gasteiger charge is 2.12. The first-order chi connectivity index (χ1) is 11.7. The van der Waals surface area contributed by atoms with Crippen LogP contribution in [-0.4, -0.2) is 40.3 Å². The molecule has 3 rings (SSSR count). The molecule has 7 nitrogen and oxygen atoms in total. The quantitative estimate of drug-likeness (QED) is 0.570. The predicted octanol–water partition coefficient (Wildman–Crippen LogP) is 2.90. The summed E-state index contributed by atoms with van der Waals surface area (Å²) < 4.78 is 12.5. The number of nitrogens with one attached hydrogen (secondary N) is 1. The topological polar surface area (TPSA) is 77.3 Å². The first kappa shape index (κ1) is 15.9. The zero-order chi connectivity index (χ0) is 16.9. The molecular weight excluding hydrogens is 326 g/mol. The molecule has 0 aliphatic carbocycles. The van der Waals surface area contributed by atoms with Crippen LogP contribution in [0.1, 0.15) is 5.56 Å². The Hall–Kier alpha value is -3.00. The van der Waals surface area contributed by atoms with E-state index in [1.165, 1.54) is 0 Å². The highest BCUT2D eigenvalue weighted by molar-refractivity contribution is 7.71. The van der Waals surface area contributed by atoms with Crippen molar-refractivity contribution >= 4 is 18.4 Å². The summed E-state index contributed by atoms with van der Waals surface area (Å²) >= 11 is 5.26. The molecule has 24 heavy (non-hydrogen) atoms. The molecule has 0 atom stereocenters. The number of benzene rings is 1. The molecule has 8 heteroatoms. The van der Waals surface area contributed by atoms with Crippen molar-refractivity contribution in [2.45, 2.75) is 0 Å². The molecule has 1 aromatic carbocycles. The van der Waals surface area contributed by atoms with E-state index in [-0.39, 0.29) is 0 Å². The number of ether oxygens (including phenoxy) is 2. The predicted molar refractivity (Wildman–Crippen MR) is 93.2 cm³/mol. The molecule has 0 saturated heterocycles. The lowest BCUT2D eigenvalue weighted by molar-refractivity contribution is 0.355. The van der Waals surface area contributed by atoms with Crippen LogP contribution in [0.3, 0.4) is 0 Å². The van der Waals surface area contributed by atoms with Crippen LogP contribution >= 0.6 is 12.2 Å². The van der Waals surface area contributed by atoms with Crippen LogP contribution in [0.5, 0.6) is 11.5 Å². The van der Waals surface area contributed by atoms with E-state index in [2.05, 4.69) is 20.3 Å². The molecule has 1 N–H and O–H groups in total. The Bertz CT molecular complexity index is 918. The van der Waals surface area contributed by atoms with Gasteiger partial charge in [-0.1, -0.05) is 0 Å². The lowest BCUT2D eigenvalue weighted by Gasteiger charge is -2.09. The molecule has 0 amide bonds. The van der Waals surface area contributed by atoms with Crippen LogP contribution in [-0.2, 0) is 0 Å². The Morgan fingerprint density at radius 1 is 1.12 bits per heavy atom. The number of H-pyrrole nitrogens is 1. The summed E-state index contributed by atoms with van der Waals surface area (Å²) in [4.78, 5) is 3.98. The normalized spacial score (nSPS) is 10.9. The van der Waals surface area contributed by atoms with E-state index < -0.39 is 0 Å². The van der Waals surface area contributed by atoms with Gasteiger partial charge in [-0.05, 0) is 48.1 Å². The summed E-state index contributed by atoms with van der Waals surface area (Å²) in [6.07, 6.45) is 5.09. The van der Waals surface area contributed by atoms with Crippen LogP contribution < -0.4 is 9.47 Å². The first-order valence-electron chi connectivity index (χ1n) is 7.07. The largest absolute Gasteiger partial charge is 0.493 e. The van der Waals surface area contributed by atoms with Crippen molar-refractivity contribution in [1.82, 2.24) is 19.9 Å². The van der Waals surface area contributed by atoms with Gasteiger partial charge in [-0.15, -0.1) is 0 Å². The maximum Gasteiger partial charge on any atom is 0.216 e. The standard InChI is InChI=1S/C16H15N5O2S/c1-22-13-4-3-12(9-14(13)23-2)15-19-20-16(24)21(15)18-10-11-5-7-17-8-6-11/h3-10H,1-2H3,(H,20,24)/b18-10+. The fourth-order valence-corrected chi connectivity index (χ4v) is 2.31. The average molecular weight is 341 g/mol. The van der Waals surface area contributed by atoms with E-state index in [1.54, 1.807) is 37.5 Å². The highest BCUT2D eigenvalue weighted by atomic mass is 32.1. The first-order valence-corrected chi connectivity index (χ1v) is 7.48. The minimum atomic E-state index is 0.394. The number of nitrogens with zero attached hydrogens (tertiary/aromatic N) is 4. The highest BCUT2D eigenvalue weighted by Crippen LogP contribution is 2.31. The van der Waals surface area contributed by atoms with Gasteiger partial charge in [0.25, 0.3) is 0 Å². The number of hydrogen-bond donors (Lipinski definition) is 1. The second kappa shape index (κ2) is 7.05. The Kier molecular flexibility index (Phi) is 4.66. The summed E-state index contributed by atoms with van der Waals surface area (Å²) in [6.45, 7) is 0. The van der Waals surface area contributed by atoms with Crippen molar-refractivity contribution in [3.8, 4) is 22.9 Å². The lowest BCUT2D eigenvalue weighted by Crippen LogP contribution is -1.96. The van der Waals surface area contributed by atoms with E-state index in [9.17, 15) is 0 Å². The van der Waals surface area contributed by atoms with Crippen molar-refractivity contribution in [2.75, 3.05) is 14.2 Å². The summed E-state index contributed by atoms with van der Waals surface area (Å²) in [5, 5.41) is 11.4. The van der Waals surface area contributed by atoms with E-state index in [4.69, 9.17) is 21.7 Å². The van der Waals surface area contributed by atoms with Gasteiger partial charge in [0.1, 0.15) is 0 Å². The molecule has 0 spiro atoms. The molecule has 3 aromatic rings. The molecule has 0 aliphatic rings. The SMILES string of the molecule is COc1ccc(-c2n[nH]c(=S)n2/N=C/c2ccncc2)cc1OC. The van der Waals surface area contributed by atoms with Crippen LogP contribution in [0.2, 0.25) is 0 Å². The monoisotopic (exact) mass is 341 g/mol. The molecular formula is C16H15N5O2S. The number of pyridine rings is 1. The van der Waals surface area contributed by atoms with Crippen LogP contribution in [0.25, 0.3) is 11.4 Å². The number of aromatic amines is 1. The van der Waals surface area contributed by atoms with Gasteiger partial charge in [-0.2, -0.15) is 14.9 Å². The Morgan fingerprint density at radius 2 is 1.88 bits per heavy atom. The van der Waals surface area contributed by atoms with E-state index in [1.807, 2.05) is 30.3 Å². The van der Waals surface area contributed by atoms with Gasteiger partial charge in [-0.3, -0.25) is 4.98 Å². The zero-order valence-electron chi connectivity index (χ0n) is 13.1. The van der Waals surface area contributed by atoms with Gasteiger partial charge >= 0.3 is 0 Å². The average Bonchev–Trinajstić information content (AvgIpc) is 3.00. The third-order valence-electron chi connectivity index (χ3n) is 3.32. The molecule has 0 radical (unpaired) electrons. The number of rotatable bonds is 5. The minimum absolute atomic E-state index is 0.394. The maximum absolute atomic E-state index is 5.33. The summed E-state index contributed by atoms with van der Waals surface area (Å²) in [5.41, 5.74) is 1.71. The van der Waals surface area contributed by atoms with Gasteiger partial charge in [-0.25, -0.2) is 5.10 Å². The van der Waals surface area contributed by atoms with E-state index in [0.717, 1.165) is 11.1 Å². The van der Waals surface area contributed by atoms with Gasteiger partial charge in [0.2, 0.25) is 4.77 Å². The molecule has 0 aliphatic heterocycles. The lowest BCUT2D eigenvalue weighted by atomic mass is 10.2. The van der Waals surface area contributed by atoms with Gasteiger partial charge in [0.15, 0.2) is 17.3 Å². The van der Waals surface area contributed by atoms with Crippen molar-refractivity contribution < 1.29 is 9.47 Å². The van der Waals surface area contributed by atoms with E-state index in [0.29, 0.717) is 22.1 Å². The van der Waals surface area contributed by atoms with Crippen LogP contribution in [0.4, 0.5) is 0 Å². The minimum Gasteiger partial charge on any atom is -0.493 e.